The Morgan fingerprint density at radius 3 is 1.84 bits per heavy atom. The Labute approximate surface area is 329 Å². The van der Waals surface area contributed by atoms with Crippen LogP contribution in [-0.4, -0.2) is 6.04 Å². The molecule has 1 saturated heterocycles. The van der Waals surface area contributed by atoms with E-state index >= 15 is 0 Å². The van der Waals surface area contributed by atoms with Gasteiger partial charge >= 0.3 is 0 Å². The number of benzene rings is 7. The molecular formula is C51H38N4O2. The first-order chi connectivity index (χ1) is 28.3. The van der Waals surface area contributed by atoms with E-state index in [1.807, 2.05) is 0 Å². The fourth-order valence-corrected chi connectivity index (χ4v) is 9.57. The van der Waals surface area contributed by atoms with Crippen LogP contribution in [-0.2, 0) is 0 Å². The lowest BCUT2D eigenvalue weighted by molar-refractivity contribution is 0.204. The van der Waals surface area contributed by atoms with Crippen LogP contribution in [0.1, 0.15) is 46.7 Å². The van der Waals surface area contributed by atoms with Crippen molar-refractivity contribution in [2.45, 2.75) is 30.5 Å². The second-order valence-electron chi connectivity index (χ2n) is 15.3. The van der Waals surface area contributed by atoms with E-state index in [-0.39, 0.29) is 24.5 Å². The van der Waals surface area contributed by atoms with Gasteiger partial charge in [0.1, 0.15) is 22.3 Å². The van der Waals surface area contributed by atoms with E-state index < -0.39 is 0 Å². The molecule has 0 saturated carbocycles. The van der Waals surface area contributed by atoms with Crippen molar-refractivity contribution in [1.29, 1.82) is 0 Å². The summed E-state index contributed by atoms with van der Waals surface area (Å²) in [6, 6.07) is 56.1. The average molecular weight is 739 g/mol. The number of nitrogens with one attached hydrogen (secondary N) is 3. The molecule has 6 nitrogen and oxygen atoms in total. The van der Waals surface area contributed by atoms with Crippen molar-refractivity contribution in [3.05, 3.63) is 204 Å². The molecule has 0 spiro atoms. The highest BCUT2D eigenvalue weighted by Gasteiger charge is 2.37. The maximum absolute atomic E-state index is 6.85. The standard InChI is InChI=1S/C51H38N4O2/c1-3-14-31(15-4-1)49-52-50(32-16-5-2-6-17-32)54-51(53-49)40-24-13-27-45-46(40)39-23-12-21-37(48(39)57-45)36-20-11-22-38-41-30-33(28-29-44(41)56-47(36)38)55-42-25-9-7-18-34(42)35-19-8-10-26-43(35)55/h1-30,34,42,49-54H. The number of furan rings is 2. The normalized spacial score (nSPS) is 21.5. The van der Waals surface area contributed by atoms with Gasteiger partial charge in [-0.2, -0.15) is 0 Å². The van der Waals surface area contributed by atoms with Crippen LogP contribution in [0.2, 0.25) is 0 Å². The molecule has 12 rings (SSSR count). The van der Waals surface area contributed by atoms with Crippen LogP contribution in [0, 0.1) is 0 Å². The Morgan fingerprint density at radius 2 is 1.07 bits per heavy atom. The molecule has 1 fully saturated rings. The number of hydrogen-bond donors (Lipinski definition) is 3. The van der Waals surface area contributed by atoms with Crippen LogP contribution < -0.4 is 20.9 Å². The Kier molecular flexibility index (Phi) is 7.38. The van der Waals surface area contributed by atoms with Crippen molar-refractivity contribution in [1.82, 2.24) is 16.0 Å². The summed E-state index contributed by atoms with van der Waals surface area (Å²) in [4.78, 5) is 2.48. The maximum Gasteiger partial charge on any atom is 0.143 e. The molecule has 9 aromatic rings. The van der Waals surface area contributed by atoms with Crippen molar-refractivity contribution < 1.29 is 8.83 Å². The van der Waals surface area contributed by atoms with Gasteiger partial charge in [0.15, 0.2) is 0 Å². The van der Waals surface area contributed by atoms with Crippen LogP contribution in [0.25, 0.3) is 55.0 Å². The number of para-hydroxylation sites is 3. The third-order valence-corrected chi connectivity index (χ3v) is 12.1. The Morgan fingerprint density at radius 1 is 0.456 bits per heavy atom. The SMILES string of the molecule is C1=CC2c3ccccc3N(c3ccc4oc5c(-c6cccc7c6oc6cccc(C8NC(c9ccccc9)NC(c9ccccc9)N8)c67)cccc5c4c3)C2C=C1. The molecule has 4 heterocycles. The van der Waals surface area contributed by atoms with Crippen molar-refractivity contribution in [2.24, 2.45) is 0 Å². The molecule has 0 amide bonds. The number of nitrogens with zero attached hydrogens (tertiary/aromatic N) is 1. The van der Waals surface area contributed by atoms with Gasteiger partial charge in [-0.15, -0.1) is 0 Å². The van der Waals surface area contributed by atoms with E-state index in [2.05, 4.69) is 203 Å². The molecule has 4 unspecified atom stereocenters. The van der Waals surface area contributed by atoms with Gasteiger partial charge in [-0.25, -0.2) is 0 Å². The summed E-state index contributed by atoms with van der Waals surface area (Å²) in [6.07, 6.45) is 8.67. The molecule has 0 bridgehead atoms. The van der Waals surface area contributed by atoms with Crippen molar-refractivity contribution in [3.8, 4) is 11.1 Å². The summed E-state index contributed by atoms with van der Waals surface area (Å²) in [7, 11) is 0. The highest BCUT2D eigenvalue weighted by Crippen LogP contribution is 2.49. The Balaban J connectivity index is 0.969. The quantitative estimate of drug-likeness (QED) is 0.163. The topological polar surface area (TPSA) is 65.6 Å². The van der Waals surface area contributed by atoms with Gasteiger partial charge in [0, 0.05) is 50.0 Å². The molecular weight excluding hydrogens is 701 g/mol. The van der Waals surface area contributed by atoms with Crippen molar-refractivity contribution >= 4 is 55.3 Å². The van der Waals surface area contributed by atoms with Crippen molar-refractivity contribution in [2.75, 3.05) is 4.90 Å². The maximum atomic E-state index is 6.85. The summed E-state index contributed by atoms with van der Waals surface area (Å²) in [5.74, 6) is 0.330. The van der Waals surface area contributed by atoms with E-state index in [4.69, 9.17) is 8.83 Å². The number of rotatable bonds is 5. The second kappa shape index (κ2) is 12.9. The summed E-state index contributed by atoms with van der Waals surface area (Å²) in [6.45, 7) is 0. The summed E-state index contributed by atoms with van der Waals surface area (Å²) in [5, 5.41) is 15.9. The fourth-order valence-electron chi connectivity index (χ4n) is 9.57. The van der Waals surface area contributed by atoms with Gasteiger partial charge in [-0.3, -0.25) is 16.0 Å². The van der Waals surface area contributed by atoms with Crippen LogP contribution in [0.4, 0.5) is 11.4 Å². The summed E-state index contributed by atoms with van der Waals surface area (Å²) < 4.78 is 13.6. The third-order valence-electron chi connectivity index (χ3n) is 12.1. The first kappa shape index (κ1) is 32.5. The molecule has 3 N–H and O–H groups in total. The van der Waals surface area contributed by atoms with Crippen LogP contribution >= 0.6 is 0 Å². The molecule has 6 heteroatoms. The average Bonchev–Trinajstić information content (AvgIpc) is 3.96. The lowest BCUT2D eigenvalue weighted by atomic mass is 9.91. The zero-order valence-electron chi connectivity index (χ0n) is 31.0. The number of allylic oxidation sites excluding steroid dienone is 2. The van der Waals surface area contributed by atoms with E-state index in [1.54, 1.807) is 0 Å². The first-order valence-corrected chi connectivity index (χ1v) is 19.8. The molecule has 1 aliphatic carbocycles. The number of anilines is 2. The third kappa shape index (κ3) is 5.15. The molecule has 57 heavy (non-hydrogen) atoms. The van der Waals surface area contributed by atoms with Crippen LogP contribution in [0.15, 0.2) is 191 Å². The molecule has 3 aliphatic rings. The predicted molar refractivity (Wildman–Crippen MR) is 230 cm³/mol. The lowest BCUT2D eigenvalue weighted by Crippen LogP contribution is -2.54. The summed E-state index contributed by atoms with van der Waals surface area (Å²) >= 11 is 0. The lowest BCUT2D eigenvalue weighted by Gasteiger charge is -2.39. The fraction of sp³-hybridized carbons (Fsp3) is 0.0980. The van der Waals surface area contributed by atoms with E-state index in [1.165, 1.54) is 22.4 Å². The molecule has 2 aromatic heterocycles. The van der Waals surface area contributed by atoms with Gasteiger partial charge in [0.2, 0.25) is 0 Å². The summed E-state index contributed by atoms with van der Waals surface area (Å²) in [5.41, 5.74) is 12.7. The first-order valence-electron chi connectivity index (χ1n) is 19.8. The minimum absolute atomic E-state index is 0.0737. The smallest absolute Gasteiger partial charge is 0.143 e. The number of hydrogen-bond acceptors (Lipinski definition) is 6. The van der Waals surface area contributed by atoms with Gasteiger partial charge in [0.05, 0.1) is 24.5 Å². The molecule has 4 atom stereocenters. The molecule has 2 aliphatic heterocycles. The van der Waals surface area contributed by atoms with E-state index in [9.17, 15) is 0 Å². The van der Waals surface area contributed by atoms with Crippen LogP contribution in [0.3, 0.4) is 0 Å². The molecule has 7 aromatic carbocycles. The highest BCUT2D eigenvalue weighted by atomic mass is 16.3. The van der Waals surface area contributed by atoms with E-state index in [0.717, 1.165) is 66.3 Å². The minimum atomic E-state index is -0.166. The van der Waals surface area contributed by atoms with Crippen molar-refractivity contribution in [3.63, 3.8) is 0 Å². The van der Waals surface area contributed by atoms with Gasteiger partial charge in [-0.1, -0.05) is 152 Å². The highest BCUT2D eigenvalue weighted by molar-refractivity contribution is 6.16. The number of fused-ring (bicyclic) bond motifs is 9. The van der Waals surface area contributed by atoms with Gasteiger partial charge in [-0.05, 0) is 52.6 Å². The van der Waals surface area contributed by atoms with Crippen LogP contribution in [0.5, 0.6) is 0 Å². The van der Waals surface area contributed by atoms with Gasteiger partial charge in [0.25, 0.3) is 0 Å². The monoisotopic (exact) mass is 738 g/mol. The Hall–Kier alpha value is -6.70. The molecule has 274 valence electrons. The zero-order chi connectivity index (χ0) is 37.5. The Bertz CT molecular complexity index is 3010. The minimum Gasteiger partial charge on any atom is -0.455 e. The molecule has 0 radical (unpaired) electrons. The largest absolute Gasteiger partial charge is 0.455 e. The predicted octanol–water partition coefficient (Wildman–Crippen LogP) is 12.1. The van der Waals surface area contributed by atoms with E-state index in [0.29, 0.717) is 5.92 Å². The second-order valence-corrected chi connectivity index (χ2v) is 15.3. The van der Waals surface area contributed by atoms with Gasteiger partial charge < -0.3 is 13.7 Å². The zero-order valence-corrected chi connectivity index (χ0v) is 31.0.